The minimum atomic E-state index is -1.68. The number of fused-ring (bicyclic) bond motifs is 1. The number of aliphatic hydroxyl groups is 3. The van der Waals surface area contributed by atoms with Gasteiger partial charge in [0.25, 0.3) is 11.5 Å². The molecule has 0 spiro atoms. The van der Waals surface area contributed by atoms with E-state index in [2.05, 4.69) is 9.97 Å². The summed E-state index contributed by atoms with van der Waals surface area (Å²) >= 11 is 0. The predicted octanol–water partition coefficient (Wildman–Crippen LogP) is -2.87. The van der Waals surface area contributed by atoms with Gasteiger partial charge < -0.3 is 25.8 Å². The summed E-state index contributed by atoms with van der Waals surface area (Å²) in [6.45, 7) is 0.940. The predicted molar refractivity (Wildman–Crippen MR) is 73.6 cm³/mol. The van der Waals surface area contributed by atoms with Crippen molar-refractivity contribution in [3.8, 4) is 0 Å². The molecule has 1 aliphatic heterocycles. The molecule has 0 amide bonds. The highest BCUT2D eigenvalue weighted by Crippen LogP contribution is 2.35. The third-order valence-corrected chi connectivity index (χ3v) is 3.98. The standard InChI is InChI=1S/C12H17N5O5/c1-12(21)7(19)5(3-18)22-10(12)17-4-16(2)6-8(17)14-11(13)15-9(6)20/h4-5,7,10,18-19,21H,3H2,1-2H3,(H2-,13,14,15,20)/p+1/t5-,7-,10-,12-/m1/s1. The lowest BCUT2D eigenvalue weighted by molar-refractivity contribution is -0.752. The average Bonchev–Trinajstić information content (AvgIpc) is 2.86. The lowest BCUT2D eigenvalue weighted by atomic mass is 9.96. The molecule has 2 aromatic heterocycles. The number of aliphatic hydroxyl groups excluding tert-OH is 2. The van der Waals surface area contributed by atoms with Gasteiger partial charge >= 0.3 is 5.65 Å². The van der Waals surface area contributed by atoms with Crippen molar-refractivity contribution in [2.75, 3.05) is 12.3 Å². The number of imidazole rings is 1. The van der Waals surface area contributed by atoms with Gasteiger partial charge in [-0.2, -0.15) is 0 Å². The van der Waals surface area contributed by atoms with Crippen LogP contribution in [0.1, 0.15) is 13.2 Å². The fraction of sp³-hybridized carbons (Fsp3) is 0.583. The topological polar surface area (TPSA) is 150 Å². The largest absolute Gasteiger partial charge is 0.394 e. The molecule has 0 aliphatic carbocycles. The zero-order valence-electron chi connectivity index (χ0n) is 12.1. The van der Waals surface area contributed by atoms with Crippen molar-refractivity contribution in [1.29, 1.82) is 0 Å². The molecule has 0 saturated carbocycles. The number of nitrogens with two attached hydrogens (primary N) is 1. The Bertz CT molecular complexity index is 782. The first-order valence-corrected chi connectivity index (χ1v) is 6.70. The van der Waals surface area contributed by atoms with Crippen molar-refractivity contribution >= 4 is 17.1 Å². The lowest BCUT2D eigenvalue weighted by Gasteiger charge is -2.24. The molecule has 0 bridgehead atoms. The van der Waals surface area contributed by atoms with Crippen LogP contribution in [0.5, 0.6) is 0 Å². The summed E-state index contributed by atoms with van der Waals surface area (Å²) < 4.78 is 8.46. The van der Waals surface area contributed by atoms with Crippen LogP contribution in [0.15, 0.2) is 11.1 Å². The first-order chi connectivity index (χ1) is 10.3. The number of rotatable bonds is 2. The normalized spacial score (nSPS) is 32.0. The number of anilines is 1. The van der Waals surface area contributed by atoms with Gasteiger partial charge in [0.1, 0.15) is 17.8 Å². The van der Waals surface area contributed by atoms with E-state index in [0.29, 0.717) is 0 Å². The first-order valence-electron chi connectivity index (χ1n) is 6.70. The monoisotopic (exact) mass is 312 g/mol. The molecule has 2 aromatic rings. The molecule has 1 saturated heterocycles. The van der Waals surface area contributed by atoms with Crippen LogP contribution in [0.25, 0.3) is 11.2 Å². The molecule has 0 radical (unpaired) electrons. The summed E-state index contributed by atoms with van der Waals surface area (Å²) in [5, 5.41) is 29.8. The molecule has 3 rings (SSSR count). The summed E-state index contributed by atoms with van der Waals surface area (Å²) in [4.78, 5) is 18.5. The molecule has 4 atom stereocenters. The summed E-state index contributed by atoms with van der Waals surface area (Å²) in [5.74, 6) is -0.0747. The maximum atomic E-state index is 12.0. The van der Waals surface area contributed by atoms with Crippen LogP contribution in [0.2, 0.25) is 0 Å². The Labute approximate surface area is 124 Å². The molecule has 6 N–H and O–H groups in total. The van der Waals surface area contributed by atoms with Crippen LogP contribution in [0.4, 0.5) is 5.95 Å². The smallest absolute Gasteiger partial charge is 0.313 e. The van der Waals surface area contributed by atoms with Crippen molar-refractivity contribution in [2.24, 2.45) is 7.05 Å². The van der Waals surface area contributed by atoms with Crippen LogP contribution < -0.4 is 15.9 Å². The van der Waals surface area contributed by atoms with E-state index in [0.717, 1.165) is 0 Å². The Hall–Kier alpha value is -2.01. The number of aromatic amines is 1. The average molecular weight is 312 g/mol. The summed E-state index contributed by atoms with van der Waals surface area (Å²) in [6, 6.07) is 0. The van der Waals surface area contributed by atoms with Crippen LogP contribution >= 0.6 is 0 Å². The third-order valence-electron chi connectivity index (χ3n) is 3.98. The maximum Gasteiger partial charge on any atom is 0.313 e. The molecule has 120 valence electrons. The molecule has 1 fully saturated rings. The van der Waals surface area contributed by atoms with Crippen LogP contribution in [-0.4, -0.2) is 54.3 Å². The van der Waals surface area contributed by atoms with Gasteiger partial charge in [-0.25, -0.2) is 4.57 Å². The highest BCUT2D eigenvalue weighted by Gasteiger charge is 2.55. The number of ether oxygens (including phenoxy) is 1. The van der Waals surface area contributed by atoms with Gasteiger partial charge in [-0.3, -0.25) is 14.3 Å². The molecular weight excluding hydrogens is 294 g/mol. The van der Waals surface area contributed by atoms with E-state index in [-0.39, 0.29) is 17.1 Å². The number of aromatic nitrogens is 4. The molecule has 10 nitrogen and oxygen atoms in total. The van der Waals surface area contributed by atoms with E-state index in [1.165, 1.54) is 22.4 Å². The number of hydrogen-bond donors (Lipinski definition) is 5. The Morgan fingerprint density at radius 3 is 2.91 bits per heavy atom. The molecule has 22 heavy (non-hydrogen) atoms. The van der Waals surface area contributed by atoms with E-state index >= 15 is 0 Å². The molecular formula is C12H18N5O5+. The highest BCUT2D eigenvalue weighted by molar-refractivity contribution is 5.67. The minimum absolute atomic E-state index is 0.0747. The van der Waals surface area contributed by atoms with Crippen LogP contribution in [0, 0.1) is 0 Å². The van der Waals surface area contributed by atoms with Gasteiger partial charge in [0.2, 0.25) is 11.7 Å². The Morgan fingerprint density at radius 1 is 1.64 bits per heavy atom. The Morgan fingerprint density at radius 2 is 2.32 bits per heavy atom. The van der Waals surface area contributed by atoms with E-state index in [1.54, 1.807) is 7.05 Å². The fourth-order valence-corrected chi connectivity index (χ4v) is 2.83. The number of nitrogens with zero attached hydrogens (tertiary/aromatic N) is 3. The van der Waals surface area contributed by atoms with Crippen molar-refractivity contribution < 1.29 is 24.6 Å². The van der Waals surface area contributed by atoms with Crippen LogP contribution in [0.3, 0.4) is 0 Å². The summed E-state index contributed by atoms with van der Waals surface area (Å²) in [6.07, 6.45) is -1.75. The van der Waals surface area contributed by atoms with E-state index in [1.807, 2.05) is 0 Å². The molecule has 10 heteroatoms. The second kappa shape index (κ2) is 4.74. The number of nitrogen functional groups attached to an aromatic ring is 1. The Balaban J connectivity index is 2.21. The molecule has 0 unspecified atom stereocenters. The summed E-state index contributed by atoms with van der Waals surface area (Å²) in [7, 11) is 1.63. The van der Waals surface area contributed by atoms with Gasteiger partial charge in [0.15, 0.2) is 6.33 Å². The van der Waals surface area contributed by atoms with Crippen molar-refractivity contribution in [2.45, 2.75) is 31.0 Å². The minimum Gasteiger partial charge on any atom is -0.394 e. The van der Waals surface area contributed by atoms with E-state index in [9.17, 15) is 20.1 Å². The molecule has 3 heterocycles. The zero-order chi connectivity index (χ0) is 16.2. The Kier molecular flexibility index (Phi) is 3.22. The van der Waals surface area contributed by atoms with Crippen molar-refractivity contribution in [3.05, 3.63) is 16.7 Å². The van der Waals surface area contributed by atoms with Gasteiger partial charge in [0.05, 0.1) is 13.7 Å². The third kappa shape index (κ3) is 1.92. The van der Waals surface area contributed by atoms with Crippen molar-refractivity contribution in [1.82, 2.24) is 14.5 Å². The van der Waals surface area contributed by atoms with Gasteiger partial charge in [-0.05, 0) is 6.92 Å². The number of hydrogen-bond acceptors (Lipinski definition) is 7. The lowest BCUT2D eigenvalue weighted by Crippen LogP contribution is -2.53. The second-order valence-electron chi connectivity index (χ2n) is 5.64. The van der Waals surface area contributed by atoms with Gasteiger partial charge in [-0.1, -0.05) is 4.98 Å². The number of aryl methyl sites for hydroxylation is 1. The SMILES string of the molecule is Cn1c[n+]([C@@H]2O[C@H](CO)[C@@H](O)[C@@]2(C)O)c2nc(N)[nH]c(=O)c21. The van der Waals surface area contributed by atoms with Crippen LogP contribution in [-0.2, 0) is 11.8 Å². The quantitative estimate of drug-likeness (QED) is 0.374. The van der Waals surface area contributed by atoms with E-state index in [4.69, 9.17) is 10.5 Å². The fourth-order valence-electron chi connectivity index (χ4n) is 2.83. The van der Waals surface area contributed by atoms with Crippen molar-refractivity contribution in [3.63, 3.8) is 0 Å². The van der Waals surface area contributed by atoms with Gasteiger partial charge in [-0.15, -0.1) is 0 Å². The number of nitrogens with one attached hydrogen (secondary N) is 1. The highest BCUT2D eigenvalue weighted by atomic mass is 16.6. The number of H-pyrrole nitrogens is 1. The van der Waals surface area contributed by atoms with Gasteiger partial charge in [0, 0.05) is 0 Å². The molecule has 0 aromatic carbocycles. The maximum absolute atomic E-state index is 12.0. The zero-order valence-corrected chi connectivity index (χ0v) is 12.1. The first kappa shape index (κ1) is 14.9. The molecule has 1 aliphatic rings. The summed E-state index contributed by atoms with van der Waals surface area (Å²) in [5.41, 5.74) is 3.92. The van der Waals surface area contributed by atoms with E-state index < -0.39 is 36.2 Å². The second-order valence-corrected chi connectivity index (χ2v) is 5.64.